The Morgan fingerprint density at radius 3 is 2.62 bits per heavy atom. The van der Waals surface area contributed by atoms with Crippen molar-refractivity contribution in [2.75, 3.05) is 4.90 Å². The molecule has 2 aromatic carbocycles. The van der Waals surface area contributed by atoms with E-state index in [1.807, 2.05) is 37.3 Å². The number of hydrogen-bond acceptors (Lipinski definition) is 4. The molecule has 0 unspecified atom stereocenters. The van der Waals surface area contributed by atoms with Crippen molar-refractivity contribution in [2.24, 2.45) is 0 Å². The molecule has 0 saturated heterocycles. The monoisotopic (exact) mass is 450 g/mol. The van der Waals surface area contributed by atoms with Crippen molar-refractivity contribution < 1.29 is 14.7 Å². The van der Waals surface area contributed by atoms with Gasteiger partial charge in [-0.2, -0.15) is 0 Å². The molecule has 0 bridgehead atoms. The lowest BCUT2D eigenvalue weighted by molar-refractivity contribution is -0.136. The van der Waals surface area contributed by atoms with Crippen LogP contribution in [0, 0.1) is 6.92 Å². The van der Waals surface area contributed by atoms with Gasteiger partial charge in [0.2, 0.25) is 0 Å². The summed E-state index contributed by atoms with van der Waals surface area (Å²) in [5, 5.41) is 11.4. The maximum absolute atomic E-state index is 13.3. The van der Waals surface area contributed by atoms with Crippen LogP contribution in [0.25, 0.3) is 0 Å². The molecule has 1 aliphatic rings. The van der Waals surface area contributed by atoms with Crippen LogP contribution in [-0.2, 0) is 16.9 Å². The number of fused-ring (bicyclic) bond motifs is 1. The van der Waals surface area contributed by atoms with Gasteiger partial charge in [0.1, 0.15) is 0 Å². The zero-order chi connectivity index (χ0) is 20.6. The van der Waals surface area contributed by atoms with E-state index >= 15 is 0 Å². The Morgan fingerprint density at radius 2 is 1.93 bits per heavy atom. The molecule has 3 aromatic rings. The van der Waals surface area contributed by atoms with Crippen LogP contribution in [0.1, 0.15) is 33.5 Å². The first kappa shape index (κ1) is 19.5. The van der Waals surface area contributed by atoms with Gasteiger partial charge >= 0.3 is 0 Å². The molecule has 1 amide bonds. The van der Waals surface area contributed by atoms with Crippen LogP contribution in [0.5, 0.6) is 0 Å². The number of ketones is 1. The standard InChI is InChI=1S/C23H19BrN2O3/c1-15-4-6-16(7-5-15)14-26-20-9-8-18(24)11-19(20)23(29,22(26)28)12-21(27)17-3-2-10-25-13-17/h2-11,13,29H,12,14H2,1H3/t23-/m0/s1. The molecule has 1 N–H and O–H groups in total. The molecule has 0 radical (unpaired) electrons. The molecule has 6 heteroatoms. The van der Waals surface area contributed by atoms with Crippen molar-refractivity contribution in [2.45, 2.75) is 25.5 Å². The fourth-order valence-corrected chi connectivity index (χ4v) is 3.95. The molecule has 2 heterocycles. The number of hydrogen-bond donors (Lipinski definition) is 1. The number of nitrogens with zero attached hydrogens (tertiary/aromatic N) is 2. The lowest BCUT2D eigenvalue weighted by atomic mass is 9.88. The van der Waals surface area contributed by atoms with Gasteiger partial charge < -0.3 is 10.0 Å². The highest BCUT2D eigenvalue weighted by Gasteiger charge is 2.51. The number of amides is 1. The Morgan fingerprint density at radius 1 is 1.17 bits per heavy atom. The Kier molecular flexibility index (Phi) is 5.06. The van der Waals surface area contributed by atoms with Gasteiger partial charge in [-0.05, 0) is 42.8 Å². The van der Waals surface area contributed by atoms with E-state index in [0.717, 1.165) is 15.6 Å². The summed E-state index contributed by atoms with van der Waals surface area (Å²) >= 11 is 3.41. The summed E-state index contributed by atoms with van der Waals surface area (Å²) in [6.45, 7) is 2.32. The molecule has 1 aliphatic heterocycles. The minimum Gasteiger partial charge on any atom is -0.375 e. The Labute approximate surface area is 177 Å². The third kappa shape index (κ3) is 3.61. The van der Waals surface area contributed by atoms with Gasteiger partial charge in [0.25, 0.3) is 5.91 Å². The van der Waals surface area contributed by atoms with Gasteiger partial charge in [0.15, 0.2) is 11.4 Å². The van der Waals surface area contributed by atoms with Crippen LogP contribution < -0.4 is 4.90 Å². The van der Waals surface area contributed by atoms with Crippen molar-refractivity contribution in [3.63, 3.8) is 0 Å². The second-order valence-corrected chi connectivity index (χ2v) is 8.16. The number of aliphatic hydroxyl groups is 1. The molecule has 0 aliphatic carbocycles. The van der Waals surface area contributed by atoms with E-state index in [4.69, 9.17) is 0 Å². The third-order valence-corrected chi connectivity index (χ3v) is 5.65. The predicted molar refractivity (Wildman–Crippen MR) is 114 cm³/mol. The summed E-state index contributed by atoms with van der Waals surface area (Å²) in [5.41, 5.74) is 1.56. The highest BCUT2D eigenvalue weighted by Crippen LogP contribution is 2.44. The Bertz CT molecular complexity index is 1080. The smallest absolute Gasteiger partial charge is 0.264 e. The molecule has 29 heavy (non-hydrogen) atoms. The number of carbonyl (C=O) groups is 2. The number of anilines is 1. The minimum atomic E-state index is -1.92. The first-order valence-corrected chi connectivity index (χ1v) is 10.0. The van der Waals surface area contributed by atoms with Crippen LogP contribution >= 0.6 is 15.9 Å². The van der Waals surface area contributed by atoms with Gasteiger partial charge in [-0.3, -0.25) is 14.6 Å². The molecule has 4 rings (SSSR count). The summed E-state index contributed by atoms with van der Waals surface area (Å²) in [7, 11) is 0. The van der Waals surface area contributed by atoms with Crippen molar-refractivity contribution in [1.82, 2.24) is 4.98 Å². The molecular formula is C23H19BrN2O3. The van der Waals surface area contributed by atoms with Gasteiger partial charge in [-0.25, -0.2) is 0 Å². The summed E-state index contributed by atoms with van der Waals surface area (Å²) in [5.74, 6) is -0.833. The lowest BCUT2D eigenvalue weighted by Gasteiger charge is -2.23. The average Bonchev–Trinajstić information content (AvgIpc) is 2.92. The number of pyridine rings is 1. The SMILES string of the molecule is Cc1ccc(CN2C(=O)[C@](O)(CC(=O)c3cccnc3)c3cc(Br)ccc32)cc1. The lowest BCUT2D eigenvalue weighted by Crippen LogP contribution is -2.41. The maximum Gasteiger partial charge on any atom is 0.264 e. The number of carbonyl (C=O) groups excluding carboxylic acids is 2. The fourth-order valence-electron chi connectivity index (χ4n) is 3.59. The first-order chi connectivity index (χ1) is 13.9. The molecule has 0 fully saturated rings. The molecule has 146 valence electrons. The highest BCUT2D eigenvalue weighted by atomic mass is 79.9. The number of Topliss-reactive ketones (excluding diaryl/α,β-unsaturated/α-hetero) is 1. The molecular weight excluding hydrogens is 432 g/mol. The van der Waals surface area contributed by atoms with Gasteiger partial charge in [0.05, 0.1) is 18.7 Å². The number of aryl methyl sites for hydroxylation is 1. The van der Waals surface area contributed by atoms with Crippen molar-refractivity contribution in [3.8, 4) is 0 Å². The van der Waals surface area contributed by atoms with E-state index in [1.165, 1.54) is 6.20 Å². The zero-order valence-corrected chi connectivity index (χ0v) is 17.4. The van der Waals surface area contributed by atoms with Gasteiger partial charge in [-0.1, -0.05) is 45.8 Å². The van der Waals surface area contributed by atoms with E-state index in [2.05, 4.69) is 20.9 Å². The van der Waals surface area contributed by atoms with Crippen LogP contribution in [0.2, 0.25) is 0 Å². The van der Waals surface area contributed by atoms with E-state index in [1.54, 1.807) is 35.4 Å². The van der Waals surface area contributed by atoms with Crippen LogP contribution in [-0.4, -0.2) is 21.8 Å². The Balaban J connectivity index is 1.71. The zero-order valence-electron chi connectivity index (χ0n) is 15.8. The second-order valence-electron chi connectivity index (χ2n) is 7.24. The predicted octanol–water partition coefficient (Wildman–Crippen LogP) is 4.16. The topological polar surface area (TPSA) is 70.5 Å². The van der Waals surface area contributed by atoms with Crippen LogP contribution in [0.3, 0.4) is 0 Å². The summed E-state index contributed by atoms with van der Waals surface area (Å²) < 4.78 is 0.730. The molecule has 0 spiro atoms. The van der Waals surface area contributed by atoms with Crippen molar-refractivity contribution in [3.05, 3.63) is 93.7 Å². The second kappa shape index (κ2) is 7.54. The third-order valence-electron chi connectivity index (χ3n) is 5.16. The van der Waals surface area contributed by atoms with Crippen LogP contribution in [0.15, 0.2) is 71.5 Å². The highest BCUT2D eigenvalue weighted by molar-refractivity contribution is 9.10. The number of rotatable bonds is 5. The van der Waals surface area contributed by atoms with E-state index in [-0.39, 0.29) is 12.2 Å². The van der Waals surface area contributed by atoms with E-state index in [9.17, 15) is 14.7 Å². The van der Waals surface area contributed by atoms with Crippen LogP contribution in [0.4, 0.5) is 5.69 Å². The Hall–Kier alpha value is -2.83. The molecule has 5 nitrogen and oxygen atoms in total. The number of halogens is 1. The summed E-state index contributed by atoms with van der Waals surface area (Å²) in [4.78, 5) is 31.6. The summed E-state index contributed by atoms with van der Waals surface area (Å²) in [6.07, 6.45) is 2.67. The first-order valence-electron chi connectivity index (χ1n) is 9.21. The molecule has 0 saturated carbocycles. The van der Waals surface area contributed by atoms with E-state index in [0.29, 0.717) is 23.4 Å². The minimum absolute atomic E-state index is 0.317. The average molecular weight is 451 g/mol. The molecule has 1 aromatic heterocycles. The van der Waals surface area contributed by atoms with Gasteiger partial charge in [0, 0.05) is 28.0 Å². The number of benzene rings is 2. The fraction of sp³-hybridized carbons (Fsp3) is 0.174. The molecule has 1 atom stereocenters. The van der Waals surface area contributed by atoms with Crippen molar-refractivity contribution >= 4 is 33.3 Å². The maximum atomic E-state index is 13.3. The quantitative estimate of drug-likeness (QED) is 0.592. The largest absolute Gasteiger partial charge is 0.375 e. The van der Waals surface area contributed by atoms with E-state index < -0.39 is 11.5 Å². The van der Waals surface area contributed by atoms with Gasteiger partial charge in [-0.15, -0.1) is 0 Å². The number of aromatic nitrogens is 1. The normalized spacial score (nSPS) is 18.0. The summed E-state index contributed by atoms with van der Waals surface area (Å²) in [6, 6.07) is 16.5. The van der Waals surface area contributed by atoms with Crippen molar-refractivity contribution in [1.29, 1.82) is 0 Å².